The molecular weight excluding hydrogens is 475 g/mol. The van der Waals surface area contributed by atoms with E-state index in [1.807, 2.05) is 33.0 Å². The third-order valence-electron chi connectivity index (χ3n) is 5.82. The number of sulfone groups is 1. The number of carbonyl (C=O) groups excluding carboxylic acids is 1. The van der Waals surface area contributed by atoms with Crippen molar-refractivity contribution in [1.29, 1.82) is 0 Å². The van der Waals surface area contributed by atoms with Crippen LogP contribution < -0.4 is 10.1 Å². The van der Waals surface area contributed by atoms with Crippen LogP contribution in [0.25, 0.3) is 11.0 Å². The average Bonchev–Trinajstić information content (AvgIpc) is 3.19. The molecule has 2 heterocycles. The van der Waals surface area contributed by atoms with Crippen LogP contribution in [0.15, 0.2) is 41.7 Å². The molecular formula is C24H29FN4O5S. The molecule has 1 aliphatic carbocycles. The van der Waals surface area contributed by atoms with Crippen LogP contribution in [0.2, 0.25) is 0 Å². The van der Waals surface area contributed by atoms with Crippen molar-refractivity contribution in [2.24, 2.45) is 0 Å². The fourth-order valence-corrected chi connectivity index (χ4v) is 4.83. The van der Waals surface area contributed by atoms with Gasteiger partial charge in [0, 0.05) is 24.5 Å². The number of rotatable bonds is 5. The molecule has 0 aliphatic heterocycles. The average molecular weight is 505 g/mol. The van der Waals surface area contributed by atoms with Crippen molar-refractivity contribution in [3.63, 3.8) is 0 Å². The summed E-state index contributed by atoms with van der Waals surface area (Å²) in [6.07, 6.45) is 7.15. The Morgan fingerprint density at radius 2 is 1.86 bits per heavy atom. The van der Waals surface area contributed by atoms with Gasteiger partial charge in [0.1, 0.15) is 17.6 Å². The molecule has 2 aromatic heterocycles. The Kier molecular flexibility index (Phi) is 6.72. The van der Waals surface area contributed by atoms with Gasteiger partial charge in [-0.15, -0.1) is 0 Å². The van der Waals surface area contributed by atoms with Gasteiger partial charge >= 0.3 is 6.09 Å². The summed E-state index contributed by atoms with van der Waals surface area (Å²) in [6.45, 7) is 5.50. The molecule has 1 N–H and O–H groups in total. The number of amides is 1. The SMILES string of the molecule is CC(C)(C)OC(=O)NC1CCC(n2ccc3c(Oc4ccc(S(C)(=O)=O)cc4F)ncnc32)CC1. The highest BCUT2D eigenvalue weighted by Gasteiger charge is 2.27. The summed E-state index contributed by atoms with van der Waals surface area (Å²) in [7, 11) is -3.53. The maximum atomic E-state index is 14.5. The normalized spacial score (nSPS) is 18.9. The summed E-state index contributed by atoms with van der Waals surface area (Å²) >= 11 is 0. The first-order valence-corrected chi connectivity index (χ1v) is 13.3. The van der Waals surface area contributed by atoms with E-state index >= 15 is 0 Å². The summed E-state index contributed by atoms with van der Waals surface area (Å²) in [4.78, 5) is 20.5. The molecule has 0 atom stereocenters. The molecule has 11 heteroatoms. The number of ether oxygens (including phenoxy) is 2. The van der Waals surface area contributed by atoms with Crippen molar-refractivity contribution >= 4 is 27.0 Å². The predicted octanol–water partition coefficient (Wildman–Crippen LogP) is 4.77. The molecule has 1 aromatic carbocycles. The molecule has 4 rings (SSSR count). The number of hydrogen-bond donors (Lipinski definition) is 1. The lowest BCUT2D eigenvalue weighted by atomic mass is 9.91. The maximum Gasteiger partial charge on any atom is 0.407 e. The Labute approximate surface area is 203 Å². The second-order valence-corrected chi connectivity index (χ2v) is 11.8. The fraction of sp³-hybridized carbons (Fsp3) is 0.458. The molecule has 0 bridgehead atoms. The molecule has 188 valence electrons. The molecule has 1 aliphatic rings. The first kappa shape index (κ1) is 24.9. The van der Waals surface area contributed by atoms with E-state index in [9.17, 15) is 17.6 Å². The van der Waals surface area contributed by atoms with Crippen LogP contribution in [0.3, 0.4) is 0 Å². The van der Waals surface area contributed by atoms with Gasteiger partial charge in [-0.3, -0.25) is 0 Å². The molecule has 1 saturated carbocycles. The lowest BCUT2D eigenvalue weighted by molar-refractivity contribution is 0.0488. The number of benzene rings is 1. The van der Waals surface area contributed by atoms with E-state index in [1.165, 1.54) is 18.5 Å². The van der Waals surface area contributed by atoms with Gasteiger partial charge in [0.15, 0.2) is 21.4 Å². The van der Waals surface area contributed by atoms with E-state index < -0.39 is 27.3 Å². The zero-order valence-electron chi connectivity index (χ0n) is 20.1. The summed E-state index contributed by atoms with van der Waals surface area (Å²) in [6, 6.07) is 5.54. The molecule has 1 fully saturated rings. The van der Waals surface area contributed by atoms with Gasteiger partial charge in [-0.2, -0.15) is 0 Å². The standard InChI is InChI=1S/C24H29FN4O5S/c1-24(2,3)34-23(30)28-15-5-7-16(8-6-15)29-12-11-18-21(29)26-14-27-22(18)33-20-10-9-17(13-19(20)25)35(4,31)32/h9-16H,5-8H2,1-4H3,(H,28,30). The van der Waals surface area contributed by atoms with Crippen LogP contribution in [0.1, 0.15) is 52.5 Å². The highest BCUT2D eigenvalue weighted by molar-refractivity contribution is 7.90. The van der Waals surface area contributed by atoms with Gasteiger partial charge in [0.05, 0.1) is 10.3 Å². The number of halogens is 1. The highest BCUT2D eigenvalue weighted by Crippen LogP contribution is 2.35. The quantitative estimate of drug-likeness (QED) is 0.532. The van der Waals surface area contributed by atoms with Crippen molar-refractivity contribution in [1.82, 2.24) is 19.9 Å². The minimum Gasteiger partial charge on any atom is -0.444 e. The van der Waals surface area contributed by atoms with Gasteiger partial charge in [0.2, 0.25) is 5.88 Å². The van der Waals surface area contributed by atoms with Crippen LogP contribution in [-0.4, -0.2) is 46.9 Å². The molecule has 0 unspecified atom stereocenters. The third-order valence-corrected chi connectivity index (χ3v) is 6.93. The van der Waals surface area contributed by atoms with E-state index in [0.717, 1.165) is 38.0 Å². The first-order chi connectivity index (χ1) is 16.4. The molecule has 0 radical (unpaired) electrons. The van der Waals surface area contributed by atoms with Crippen LogP contribution in [0.4, 0.5) is 9.18 Å². The van der Waals surface area contributed by atoms with Crippen molar-refractivity contribution in [3.05, 3.63) is 42.6 Å². The van der Waals surface area contributed by atoms with Gasteiger partial charge in [-0.25, -0.2) is 27.6 Å². The zero-order valence-corrected chi connectivity index (χ0v) is 20.9. The van der Waals surface area contributed by atoms with Gasteiger partial charge in [0.25, 0.3) is 0 Å². The van der Waals surface area contributed by atoms with Crippen LogP contribution in [0, 0.1) is 5.82 Å². The lowest BCUT2D eigenvalue weighted by Crippen LogP contribution is -2.41. The van der Waals surface area contributed by atoms with Gasteiger partial charge in [-0.1, -0.05) is 0 Å². The van der Waals surface area contributed by atoms with Gasteiger partial charge < -0.3 is 19.4 Å². The second-order valence-electron chi connectivity index (χ2n) is 9.76. The minimum absolute atomic E-state index is 0.0503. The van der Waals surface area contributed by atoms with E-state index in [2.05, 4.69) is 19.9 Å². The van der Waals surface area contributed by atoms with E-state index in [1.54, 1.807) is 0 Å². The molecule has 9 nitrogen and oxygen atoms in total. The van der Waals surface area contributed by atoms with Crippen LogP contribution in [-0.2, 0) is 14.6 Å². The number of fused-ring (bicyclic) bond motifs is 1. The summed E-state index contributed by atoms with van der Waals surface area (Å²) in [5.74, 6) is -0.742. The minimum atomic E-state index is -3.53. The lowest BCUT2D eigenvalue weighted by Gasteiger charge is -2.31. The van der Waals surface area contributed by atoms with Crippen LogP contribution >= 0.6 is 0 Å². The first-order valence-electron chi connectivity index (χ1n) is 11.4. The Morgan fingerprint density at radius 1 is 1.14 bits per heavy atom. The van der Waals surface area contributed by atoms with Crippen molar-refractivity contribution in [3.8, 4) is 11.6 Å². The largest absolute Gasteiger partial charge is 0.444 e. The Bertz CT molecular complexity index is 1340. The fourth-order valence-electron chi connectivity index (χ4n) is 4.20. The summed E-state index contributed by atoms with van der Waals surface area (Å²) in [5.41, 5.74) is 0.121. The summed E-state index contributed by atoms with van der Waals surface area (Å²) in [5, 5.41) is 3.56. The van der Waals surface area contributed by atoms with E-state index in [4.69, 9.17) is 9.47 Å². The number of alkyl carbamates (subject to hydrolysis) is 1. The van der Waals surface area contributed by atoms with Crippen molar-refractivity contribution in [2.75, 3.05) is 6.26 Å². The number of nitrogens with zero attached hydrogens (tertiary/aromatic N) is 3. The van der Waals surface area contributed by atoms with Gasteiger partial charge in [-0.05, 0) is 70.7 Å². The maximum absolute atomic E-state index is 14.5. The zero-order chi connectivity index (χ0) is 25.4. The smallest absolute Gasteiger partial charge is 0.407 e. The third kappa shape index (κ3) is 5.90. The predicted molar refractivity (Wildman–Crippen MR) is 128 cm³/mol. The number of aromatic nitrogens is 3. The van der Waals surface area contributed by atoms with Crippen molar-refractivity contribution in [2.45, 2.75) is 69.0 Å². The Balaban J connectivity index is 1.47. The molecule has 3 aromatic rings. The second kappa shape index (κ2) is 9.44. The molecule has 1 amide bonds. The van der Waals surface area contributed by atoms with Crippen molar-refractivity contribution < 1.29 is 27.1 Å². The highest BCUT2D eigenvalue weighted by atomic mass is 32.2. The monoisotopic (exact) mass is 504 g/mol. The number of hydrogen-bond acceptors (Lipinski definition) is 7. The molecule has 35 heavy (non-hydrogen) atoms. The molecule has 0 spiro atoms. The number of nitrogens with one attached hydrogen (secondary N) is 1. The summed E-state index contributed by atoms with van der Waals surface area (Å²) < 4.78 is 50.9. The Hall–Kier alpha value is -3.21. The topological polar surface area (TPSA) is 112 Å². The van der Waals surface area contributed by atoms with E-state index in [0.29, 0.717) is 11.0 Å². The Morgan fingerprint density at radius 3 is 2.49 bits per heavy atom. The van der Waals surface area contributed by atoms with E-state index in [-0.39, 0.29) is 28.6 Å². The van der Waals surface area contributed by atoms with Crippen LogP contribution in [0.5, 0.6) is 11.6 Å². The number of carbonyl (C=O) groups is 1. The molecule has 0 saturated heterocycles.